The number of hydrogen-bond donors (Lipinski definition) is 1. The fraction of sp³-hybridized carbons (Fsp3) is 0.0952. The molecule has 0 aliphatic carbocycles. The van der Waals surface area contributed by atoms with Crippen molar-refractivity contribution in [2.75, 3.05) is 4.90 Å². The van der Waals surface area contributed by atoms with Crippen LogP contribution in [0.4, 0.5) is 10.5 Å². The molecule has 2 atom stereocenters. The number of fused-ring (bicyclic) bond motifs is 2. The van der Waals surface area contributed by atoms with Crippen LogP contribution < -0.4 is 10.2 Å². The molecule has 8 heteroatoms. The second-order valence-electron chi connectivity index (χ2n) is 6.63. The Labute approximate surface area is 170 Å². The number of anilines is 1. The highest BCUT2D eigenvalue weighted by Crippen LogP contribution is 2.43. The number of benzene rings is 1. The Morgan fingerprint density at radius 3 is 2.83 bits per heavy atom. The fourth-order valence-corrected chi connectivity index (χ4v) is 4.89. The average Bonchev–Trinajstić information content (AvgIpc) is 3.18. The van der Waals surface area contributed by atoms with Crippen molar-refractivity contribution < 1.29 is 9.59 Å². The molecule has 1 saturated heterocycles. The van der Waals surface area contributed by atoms with Crippen molar-refractivity contribution in [3.63, 3.8) is 0 Å². The predicted octanol–water partition coefficient (Wildman–Crippen LogP) is 3.08. The van der Waals surface area contributed by atoms with Gasteiger partial charge in [-0.3, -0.25) is 14.8 Å². The number of nitrogens with zero attached hydrogens (tertiary/aromatic N) is 4. The minimum atomic E-state index is -0.520. The van der Waals surface area contributed by atoms with E-state index >= 15 is 0 Å². The van der Waals surface area contributed by atoms with E-state index in [4.69, 9.17) is 0 Å². The first-order chi connectivity index (χ1) is 14.2. The van der Waals surface area contributed by atoms with Crippen LogP contribution in [0.1, 0.15) is 11.1 Å². The summed E-state index contributed by atoms with van der Waals surface area (Å²) >= 11 is 1.33. The van der Waals surface area contributed by atoms with E-state index in [0.717, 1.165) is 20.6 Å². The normalized spacial score (nSPS) is 20.8. The van der Waals surface area contributed by atoms with Gasteiger partial charge in [-0.25, -0.2) is 9.69 Å². The lowest BCUT2D eigenvalue weighted by atomic mass is 10.1. The molecule has 0 spiro atoms. The number of carbonyl (C=O) groups excluding carboxylic acids is 2. The maximum absolute atomic E-state index is 13.3. The Morgan fingerprint density at radius 2 is 1.97 bits per heavy atom. The molecule has 0 radical (unpaired) electrons. The average molecular weight is 399 g/mol. The van der Waals surface area contributed by atoms with Crippen LogP contribution in [0.15, 0.2) is 61.2 Å². The third-order valence-corrected chi connectivity index (χ3v) is 6.32. The highest BCUT2D eigenvalue weighted by Gasteiger charge is 2.45. The summed E-state index contributed by atoms with van der Waals surface area (Å²) in [5.74, 6) is -0.310. The van der Waals surface area contributed by atoms with Crippen molar-refractivity contribution in [2.24, 2.45) is 0 Å². The van der Waals surface area contributed by atoms with Gasteiger partial charge in [0.1, 0.15) is 5.25 Å². The van der Waals surface area contributed by atoms with Crippen LogP contribution >= 0.6 is 11.8 Å². The molecule has 1 N–H and O–H groups in total. The number of nitriles is 1. The van der Waals surface area contributed by atoms with Gasteiger partial charge in [-0.1, -0.05) is 24.3 Å². The van der Waals surface area contributed by atoms with Crippen LogP contribution in [0.3, 0.4) is 0 Å². The molecule has 2 aliphatic rings. The molecule has 2 unspecified atom stereocenters. The van der Waals surface area contributed by atoms with Crippen LogP contribution in [0.25, 0.3) is 15.7 Å². The van der Waals surface area contributed by atoms with E-state index in [0.29, 0.717) is 16.8 Å². The van der Waals surface area contributed by atoms with Gasteiger partial charge in [-0.2, -0.15) is 5.26 Å². The van der Waals surface area contributed by atoms with Gasteiger partial charge in [0, 0.05) is 39.8 Å². The van der Waals surface area contributed by atoms with Gasteiger partial charge in [0.2, 0.25) is 0 Å². The maximum atomic E-state index is 13.3. The summed E-state index contributed by atoms with van der Waals surface area (Å²) in [6, 6.07) is 10.3. The lowest BCUT2D eigenvalue weighted by Crippen LogP contribution is -2.60. The minimum Gasteiger partial charge on any atom is -0.329 e. The molecular formula is C21H13N5O2S. The van der Waals surface area contributed by atoms with Gasteiger partial charge in [-0.05, 0) is 12.1 Å². The van der Waals surface area contributed by atoms with E-state index in [-0.39, 0.29) is 5.91 Å². The summed E-state index contributed by atoms with van der Waals surface area (Å²) in [7, 11) is 0. The van der Waals surface area contributed by atoms with Crippen LogP contribution in [-0.2, 0) is 4.79 Å². The third kappa shape index (κ3) is 2.75. The number of nitrogens with one attached hydrogen (secondary N) is 1. The zero-order valence-corrected chi connectivity index (χ0v) is 15.8. The molecule has 4 heterocycles. The van der Waals surface area contributed by atoms with Crippen molar-refractivity contribution in [1.82, 2.24) is 15.3 Å². The summed E-state index contributed by atoms with van der Waals surface area (Å²) in [6.45, 7) is 0. The van der Waals surface area contributed by atoms with Gasteiger partial charge in [-0.15, -0.1) is 11.8 Å². The van der Waals surface area contributed by atoms with Crippen molar-refractivity contribution in [2.45, 2.75) is 11.3 Å². The summed E-state index contributed by atoms with van der Waals surface area (Å²) in [5.41, 5.74) is 1.60. The quantitative estimate of drug-likeness (QED) is 0.711. The SMILES string of the molecule is N#Cc1ccncc1C1=CC2NC(=O)N(c3cncc4ccccc34)C(=O)C2S1. The monoisotopic (exact) mass is 399 g/mol. The number of imide groups is 1. The second-order valence-corrected chi connectivity index (χ2v) is 7.81. The standard InChI is InChI=1S/C21H13N5O2S/c22-8-12-5-6-23-10-15(12)18-7-16-19(29-18)20(27)26(21(28)25-16)17-11-24-9-13-3-1-2-4-14(13)17/h1-7,9-11,16,19H,(H,25,28). The molecule has 0 saturated carbocycles. The van der Waals surface area contributed by atoms with E-state index in [1.807, 2.05) is 30.3 Å². The van der Waals surface area contributed by atoms with Crippen LogP contribution in [-0.4, -0.2) is 33.2 Å². The number of aromatic nitrogens is 2. The first-order valence-corrected chi connectivity index (χ1v) is 9.75. The molecule has 1 fully saturated rings. The van der Waals surface area contributed by atoms with Crippen molar-refractivity contribution in [3.8, 4) is 6.07 Å². The predicted molar refractivity (Wildman–Crippen MR) is 110 cm³/mol. The molecule has 140 valence electrons. The number of carbonyl (C=O) groups is 2. The fourth-order valence-electron chi connectivity index (χ4n) is 3.60. The topological polar surface area (TPSA) is 99.0 Å². The van der Waals surface area contributed by atoms with E-state index in [9.17, 15) is 14.9 Å². The summed E-state index contributed by atoms with van der Waals surface area (Å²) in [5, 5.41) is 13.4. The van der Waals surface area contributed by atoms with Crippen LogP contribution in [0.2, 0.25) is 0 Å². The van der Waals surface area contributed by atoms with Crippen molar-refractivity contribution in [3.05, 3.63) is 72.3 Å². The van der Waals surface area contributed by atoms with Gasteiger partial charge < -0.3 is 5.32 Å². The first kappa shape index (κ1) is 17.4. The van der Waals surface area contributed by atoms with E-state index in [1.165, 1.54) is 18.0 Å². The van der Waals surface area contributed by atoms with Crippen LogP contribution in [0, 0.1) is 11.3 Å². The van der Waals surface area contributed by atoms with Gasteiger partial charge in [0.05, 0.1) is 29.6 Å². The molecule has 3 aromatic rings. The highest BCUT2D eigenvalue weighted by atomic mass is 32.2. The number of urea groups is 1. The van der Waals surface area contributed by atoms with Gasteiger partial charge in [0.25, 0.3) is 5.91 Å². The minimum absolute atomic E-state index is 0.310. The van der Waals surface area contributed by atoms with E-state index < -0.39 is 17.3 Å². The summed E-state index contributed by atoms with van der Waals surface area (Å²) in [6.07, 6.45) is 8.21. The number of rotatable bonds is 2. The number of thioether (sulfide) groups is 1. The Morgan fingerprint density at radius 1 is 1.10 bits per heavy atom. The Balaban J connectivity index is 1.52. The molecule has 3 amide bonds. The summed E-state index contributed by atoms with van der Waals surface area (Å²) < 4.78 is 0. The van der Waals surface area contributed by atoms with E-state index in [2.05, 4.69) is 21.4 Å². The zero-order valence-electron chi connectivity index (χ0n) is 14.9. The maximum Gasteiger partial charge on any atom is 0.329 e. The Kier molecular flexibility index (Phi) is 4.03. The molecule has 1 aromatic carbocycles. The lowest BCUT2D eigenvalue weighted by molar-refractivity contribution is -0.118. The van der Waals surface area contributed by atoms with Crippen molar-refractivity contribution in [1.29, 1.82) is 5.26 Å². The molecule has 0 bridgehead atoms. The Bertz CT molecular complexity index is 1240. The lowest BCUT2D eigenvalue weighted by Gasteiger charge is -2.33. The van der Waals surface area contributed by atoms with E-state index in [1.54, 1.807) is 24.7 Å². The zero-order chi connectivity index (χ0) is 20.0. The van der Waals surface area contributed by atoms with Gasteiger partial charge >= 0.3 is 6.03 Å². The molecule has 5 rings (SSSR count). The van der Waals surface area contributed by atoms with Gasteiger partial charge in [0.15, 0.2) is 0 Å². The third-order valence-electron chi connectivity index (χ3n) is 4.96. The second kappa shape index (κ2) is 6.72. The van der Waals surface area contributed by atoms with Crippen LogP contribution in [0.5, 0.6) is 0 Å². The largest absolute Gasteiger partial charge is 0.329 e. The molecule has 7 nitrogen and oxygen atoms in total. The molecular weight excluding hydrogens is 386 g/mol. The number of pyridine rings is 2. The molecule has 2 aliphatic heterocycles. The molecule has 29 heavy (non-hydrogen) atoms. The molecule has 2 aromatic heterocycles. The smallest absolute Gasteiger partial charge is 0.329 e. The first-order valence-electron chi connectivity index (χ1n) is 8.87. The highest BCUT2D eigenvalue weighted by molar-refractivity contribution is 8.09. The number of hydrogen-bond acceptors (Lipinski definition) is 6. The summed E-state index contributed by atoms with van der Waals surface area (Å²) in [4.78, 5) is 36.3. The van der Waals surface area contributed by atoms with Crippen molar-refractivity contribution >= 4 is 45.1 Å². The number of amides is 3. The Hall–Kier alpha value is -3.70.